The first-order valence-electron chi connectivity index (χ1n) is 7.01. The second-order valence-corrected chi connectivity index (χ2v) is 5.50. The van der Waals surface area contributed by atoms with Gasteiger partial charge in [0.1, 0.15) is 18.1 Å². The van der Waals surface area contributed by atoms with Crippen molar-refractivity contribution in [3.8, 4) is 0 Å². The minimum atomic E-state index is -0.840. The average Bonchev–Trinajstić information content (AvgIpc) is 2.59. The van der Waals surface area contributed by atoms with E-state index >= 15 is 0 Å². The Morgan fingerprint density at radius 3 is 2.48 bits per heavy atom. The third-order valence-electron chi connectivity index (χ3n) is 3.54. The molecular weight excluding hydrogens is 356 g/mol. The highest BCUT2D eigenvalue weighted by Crippen LogP contribution is 2.38. The fraction of sp³-hybridized carbons (Fsp3) is 0.333. The first-order valence-corrected chi connectivity index (χ1v) is 7.39. The molecule has 0 atom stereocenters. The Hall–Kier alpha value is -2.65. The minimum Gasteiger partial charge on any atom is -0.466 e. The minimum absolute atomic E-state index is 0.0795. The first-order chi connectivity index (χ1) is 11.8. The lowest BCUT2D eigenvalue weighted by molar-refractivity contribution is -0.384. The molecular formula is C15H15ClN2O7. The highest BCUT2D eigenvalue weighted by molar-refractivity contribution is 6.31. The fourth-order valence-corrected chi connectivity index (χ4v) is 2.80. The number of ether oxygens (including phenoxy) is 3. The van der Waals surface area contributed by atoms with Crippen LogP contribution in [-0.4, -0.2) is 44.4 Å². The molecule has 0 saturated heterocycles. The predicted octanol–water partition coefficient (Wildman–Crippen LogP) is 1.95. The van der Waals surface area contributed by atoms with Crippen molar-refractivity contribution in [1.82, 2.24) is 0 Å². The standard InChI is InChI=1S/C15H15ClN2O7/c1-8-4-9(16)5-11(18(21)22)12(8)17-7-25-6-10(14(19)23-2)13(17)15(20)24-3/h4-5H,6-7H2,1-3H3. The highest BCUT2D eigenvalue weighted by Gasteiger charge is 2.36. The van der Waals surface area contributed by atoms with Crippen LogP contribution in [-0.2, 0) is 23.8 Å². The van der Waals surface area contributed by atoms with Crippen LogP contribution in [0.2, 0.25) is 5.02 Å². The molecule has 0 aromatic heterocycles. The van der Waals surface area contributed by atoms with E-state index in [1.807, 2.05) is 0 Å². The van der Waals surface area contributed by atoms with Crippen LogP contribution in [0.15, 0.2) is 23.4 Å². The van der Waals surface area contributed by atoms with E-state index in [1.54, 1.807) is 6.92 Å². The molecule has 0 N–H and O–H groups in total. The van der Waals surface area contributed by atoms with Gasteiger partial charge in [-0.2, -0.15) is 0 Å². The Morgan fingerprint density at radius 2 is 1.92 bits per heavy atom. The zero-order valence-corrected chi connectivity index (χ0v) is 14.5. The average molecular weight is 371 g/mol. The zero-order valence-electron chi connectivity index (χ0n) is 13.7. The van der Waals surface area contributed by atoms with Gasteiger partial charge in [-0.05, 0) is 18.6 Å². The van der Waals surface area contributed by atoms with Gasteiger partial charge in [-0.1, -0.05) is 11.6 Å². The molecule has 25 heavy (non-hydrogen) atoms. The van der Waals surface area contributed by atoms with Crippen molar-refractivity contribution in [3.63, 3.8) is 0 Å². The Bertz CT molecular complexity index is 775. The van der Waals surface area contributed by atoms with E-state index in [2.05, 4.69) is 4.74 Å². The third kappa shape index (κ3) is 3.57. The van der Waals surface area contributed by atoms with E-state index in [-0.39, 0.29) is 41.0 Å². The molecule has 0 fully saturated rings. The Kier molecular flexibility index (Phi) is 5.60. The van der Waals surface area contributed by atoms with Crippen LogP contribution in [0.4, 0.5) is 11.4 Å². The molecule has 0 bridgehead atoms. The highest BCUT2D eigenvalue weighted by atomic mass is 35.5. The van der Waals surface area contributed by atoms with Gasteiger partial charge in [0, 0.05) is 11.1 Å². The summed E-state index contributed by atoms with van der Waals surface area (Å²) in [4.78, 5) is 36.3. The number of methoxy groups -OCH3 is 2. The molecule has 1 aliphatic heterocycles. The molecule has 0 saturated carbocycles. The van der Waals surface area contributed by atoms with Gasteiger partial charge >= 0.3 is 11.9 Å². The maximum absolute atomic E-state index is 12.3. The van der Waals surface area contributed by atoms with E-state index < -0.39 is 16.9 Å². The Morgan fingerprint density at radius 1 is 1.28 bits per heavy atom. The Balaban J connectivity index is 2.74. The number of hydrogen-bond donors (Lipinski definition) is 0. The maximum atomic E-state index is 12.3. The van der Waals surface area contributed by atoms with Crippen LogP contribution in [0.1, 0.15) is 5.56 Å². The van der Waals surface area contributed by atoms with Crippen molar-refractivity contribution in [1.29, 1.82) is 0 Å². The summed E-state index contributed by atoms with van der Waals surface area (Å²) >= 11 is 5.90. The molecule has 0 amide bonds. The van der Waals surface area contributed by atoms with E-state index in [0.717, 1.165) is 20.3 Å². The Labute approximate surface area is 147 Å². The number of rotatable bonds is 4. The second-order valence-electron chi connectivity index (χ2n) is 5.06. The van der Waals surface area contributed by atoms with Gasteiger partial charge in [0.15, 0.2) is 0 Å². The lowest BCUT2D eigenvalue weighted by atomic mass is 10.1. The summed E-state index contributed by atoms with van der Waals surface area (Å²) in [6.45, 7) is 1.22. The van der Waals surface area contributed by atoms with Crippen LogP contribution in [0.25, 0.3) is 0 Å². The fourth-order valence-electron chi connectivity index (χ4n) is 2.53. The van der Waals surface area contributed by atoms with Crippen molar-refractivity contribution >= 4 is 34.9 Å². The maximum Gasteiger partial charge on any atom is 0.355 e. The largest absolute Gasteiger partial charge is 0.466 e. The second kappa shape index (κ2) is 7.49. The van der Waals surface area contributed by atoms with Gasteiger partial charge < -0.3 is 19.1 Å². The molecule has 0 spiro atoms. The lowest BCUT2D eigenvalue weighted by Crippen LogP contribution is -2.39. The van der Waals surface area contributed by atoms with Crippen LogP contribution in [0, 0.1) is 17.0 Å². The van der Waals surface area contributed by atoms with Crippen molar-refractivity contribution in [3.05, 3.63) is 44.1 Å². The van der Waals surface area contributed by atoms with Gasteiger partial charge in [0.05, 0.1) is 31.3 Å². The molecule has 0 unspecified atom stereocenters. The van der Waals surface area contributed by atoms with E-state index in [0.29, 0.717) is 5.56 Å². The zero-order chi connectivity index (χ0) is 18.7. The summed E-state index contributed by atoms with van der Waals surface area (Å²) in [5.41, 5.74) is -0.0919. The molecule has 1 aromatic carbocycles. The summed E-state index contributed by atoms with van der Waals surface area (Å²) in [5.74, 6) is -1.63. The van der Waals surface area contributed by atoms with Crippen molar-refractivity contribution in [2.24, 2.45) is 0 Å². The monoisotopic (exact) mass is 370 g/mol. The number of nitro groups is 1. The number of halogens is 1. The van der Waals surface area contributed by atoms with Gasteiger partial charge in [0.25, 0.3) is 5.69 Å². The topological polar surface area (TPSA) is 108 Å². The smallest absolute Gasteiger partial charge is 0.355 e. The molecule has 9 nitrogen and oxygen atoms in total. The van der Waals surface area contributed by atoms with E-state index in [9.17, 15) is 19.7 Å². The van der Waals surface area contributed by atoms with Crippen molar-refractivity contribution in [2.45, 2.75) is 6.92 Å². The molecule has 0 aliphatic carbocycles. The number of carbonyl (C=O) groups is 2. The van der Waals surface area contributed by atoms with Crippen LogP contribution >= 0.6 is 11.6 Å². The predicted molar refractivity (Wildman–Crippen MR) is 87.2 cm³/mol. The molecule has 1 aromatic rings. The number of aryl methyl sites for hydroxylation is 1. The number of benzene rings is 1. The molecule has 134 valence electrons. The summed E-state index contributed by atoms with van der Waals surface area (Å²) in [6.07, 6.45) is 0. The first kappa shape index (κ1) is 18.7. The lowest BCUT2D eigenvalue weighted by Gasteiger charge is -2.31. The summed E-state index contributed by atoms with van der Waals surface area (Å²) in [5, 5.41) is 11.6. The van der Waals surface area contributed by atoms with Gasteiger partial charge in [0.2, 0.25) is 0 Å². The summed E-state index contributed by atoms with van der Waals surface area (Å²) in [7, 11) is 2.29. The van der Waals surface area contributed by atoms with Gasteiger partial charge in [-0.3, -0.25) is 10.1 Å². The van der Waals surface area contributed by atoms with Crippen molar-refractivity contribution < 1.29 is 28.7 Å². The molecule has 10 heteroatoms. The third-order valence-corrected chi connectivity index (χ3v) is 3.76. The molecule has 0 radical (unpaired) electrons. The number of esters is 2. The molecule has 1 aliphatic rings. The molecule has 1 heterocycles. The SMILES string of the molecule is COC(=O)C1=C(C(=O)OC)N(c2c(C)cc(Cl)cc2[N+](=O)[O-])COC1. The quantitative estimate of drug-likeness (QED) is 0.449. The number of anilines is 1. The number of carbonyl (C=O) groups excluding carboxylic acids is 2. The van der Waals surface area contributed by atoms with Crippen molar-refractivity contribution in [2.75, 3.05) is 32.5 Å². The van der Waals surface area contributed by atoms with Gasteiger partial charge in [-0.15, -0.1) is 0 Å². The van der Waals surface area contributed by atoms with E-state index in [1.165, 1.54) is 11.0 Å². The summed E-state index contributed by atoms with van der Waals surface area (Å²) in [6, 6.07) is 2.66. The number of hydrogen-bond acceptors (Lipinski definition) is 8. The molecule has 2 rings (SSSR count). The number of nitrogens with zero attached hydrogens (tertiary/aromatic N) is 2. The van der Waals surface area contributed by atoms with Crippen LogP contribution in [0.5, 0.6) is 0 Å². The summed E-state index contributed by atoms with van der Waals surface area (Å²) < 4.78 is 14.7. The van der Waals surface area contributed by atoms with Crippen LogP contribution in [0.3, 0.4) is 0 Å². The van der Waals surface area contributed by atoms with Gasteiger partial charge in [-0.25, -0.2) is 9.59 Å². The number of nitro benzene ring substituents is 1. The normalized spacial score (nSPS) is 14.3. The van der Waals surface area contributed by atoms with Crippen LogP contribution < -0.4 is 4.90 Å². The van der Waals surface area contributed by atoms with E-state index in [4.69, 9.17) is 21.1 Å².